The van der Waals surface area contributed by atoms with Crippen LogP contribution in [0.2, 0.25) is 0 Å². The molecule has 0 spiro atoms. The van der Waals surface area contributed by atoms with Gasteiger partial charge in [-0.2, -0.15) is 8.42 Å². The molecule has 10 heteroatoms. The third-order valence-electron chi connectivity index (χ3n) is 5.18. The molecular formula is C26H23NO7S2. The number of hydrogen-bond acceptors (Lipinski definition) is 8. The van der Waals surface area contributed by atoms with Crippen molar-refractivity contribution in [2.45, 2.75) is 11.8 Å². The molecule has 0 atom stereocenters. The first kappa shape index (κ1) is 25.3. The molecule has 0 unspecified atom stereocenters. The number of methoxy groups -OCH3 is 1. The number of thioether (sulfide) groups is 1. The van der Waals surface area contributed by atoms with E-state index < -0.39 is 16.0 Å². The fourth-order valence-electron chi connectivity index (χ4n) is 3.34. The molecule has 1 heterocycles. The van der Waals surface area contributed by atoms with Crippen LogP contribution in [0, 0.1) is 6.92 Å². The lowest BCUT2D eigenvalue weighted by Crippen LogP contribution is -2.32. The molecule has 0 N–H and O–H groups in total. The van der Waals surface area contributed by atoms with Crippen LogP contribution in [-0.2, 0) is 14.9 Å². The first-order valence-corrected chi connectivity index (χ1v) is 13.1. The summed E-state index contributed by atoms with van der Waals surface area (Å²) in [5.41, 5.74) is 1.67. The zero-order valence-corrected chi connectivity index (χ0v) is 21.2. The number of carbonyl (C=O) groups excluding carboxylic acids is 2. The summed E-state index contributed by atoms with van der Waals surface area (Å²) in [4.78, 5) is 26.5. The molecule has 1 saturated heterocycles. The highest BCUT2D eigenvalue weighted by Gasteiger charge is 2.34. The van der Waals surface area contributed by atoms with Crippen molar-refractivity contribution in [3.8, 4) is 17.2 Å². The van der Waals surface area contributed by atoms with Crippen LogP contribution in [0.15, 0.2) is 82.6 Å². The van der Waals surface area contributed by atoms with Crippen molar-refractivity contribution >= 4 is 39.1 Å². The van der Waals surface area contributed by atoms with Gasteiger partial charge in [0, 0.05) is 0 Å². The second kappa shape index (κ2) is 10.9. The molecule has 0 bridgehead atoms. The minimum absolute atomic E-state index is 0.00701. The minimum Gasteiger partial charge on any atom is -0.497 e. The van der Waals surface area contributed by atoms with E-state index >= 15 is 0 Å². The maximum atomic E-state index is 12.7. The number of amides is 2. The van der Waals surface area contributed by atoms with Gasteiger partial charge in [0.1, 0.15) is 28.8 Å². The quantitative estimate of drug-likeness (QED) is 0.288. The molecular weight excluding hydrogens is 502 g/mol. The van der Waals surface area contributed by atoms with E-state index in [1.165, 1.54) is 43.5 Å². The summed E-state index contributed by atoms with van der Waals surface area (Å²) >= 11 is 0.845. The summed E-state index contributed by atoms with van der Waals surface area (Å²) in [6.07, 6.45) is 1.58. The molecule has 3 aromatic rings. The van der Waals surface area contributed by atoms with Gasteiger partial charge in [-0.1, -0.05) is 24.3 Å². The zero-order valence-electron chi connectivity index (χ0n) is 19.5. The van der Waals surface area contributed by atoms with Crippen LogP contribution in [0.25, 0.3) is 6.08 Å². The van der Waals surface area contributed by atoms with E-state index in [-0.39, 0.29) is 33.9 Å². The van der Waals surface area contributed by atoms with Gasteiger partial charge in [0.15, 0.2) is 0 Å². The highest BCUT2D eigenvalue weighted by Crippen LogP contribution is 2.32. The Bertz CT molecular complexity index is 1400. The maximum Gasteiger partial charge on any atom is 0.339 e. The van der Waals surface area contributed by atoms with Gasteiger partial charge in [0.2, 0.25) is 0 Å². The highest BCUT2D eigenvalue weighted by atomic mass is 32.2. The van der Waals surface area contributed by atoms with Crippen molar-refractivity contribution in [1.29, 1.82) is 0 Å². The summed E-state index contributed by atoms with van der Waals surface area (Å²) in [5.74, 6) is 0.917. The molecule has 0 saturated carbocycles. The molecule has 1 fully saturated rings. The summed E-state index contributed by atoms with van der Waals surface area (Å²) < 4.78 is 40.9. The Balaban J connectivity index is 1.37. The van der Waals surface area contributed by atoms with Crippen LogP contribution >= 0.6 is 11.8 Å². The molecule has 2 amide bonds. The summed E-state index contributed by atoms with van der Waals surface area (Å²) in [6, 6.07) is 19.5. The van der Waals surface area contributed by atoms with Crippen LogP contribution in [0.3, 0.4) is 0 Å². The molecule has 186 valence electrons. The molecule has 1 aliphatic rings. The van der Waals surface area contributed by atoms with Crippen LogP contribution in [0.1, 0.15) is 11.1 Å². The number of rotatable bonds is 9. The maximum absolute atomic E-state index is 12.7. The van der Waals surface area contributed by atoms with E-state index in [2.05, 4.69) is 0 Å². The lowest BCUT2D eigenvalue weighted by molar-refractivity contribution is -0.123. The van der Waals surface area contributed by atoms with E-state index in [1.807, 2.05) is 31.2 Å². The predicted molar refractivity (Wildman–Crippen MR) is 137 cm³/mol. The van der Waals surface area contributed by atoms with Crippen molar-refractivity contribution in [2.24, 2.45) is 0 Å². The van der Waals surface area contributed by atoms with Gasteiger partial charge in [-0.15, -0.1) is 0 Å². The van der Waals surface area contributed by atoms with E-state index in [4.69, 9.17) is 13.7 Å². The standard InChI is InChI=1S/C26H23NO7S2/c1-18-4-3-5-22(16-18)33-15-14-27-25(28)24(35-26(27)29)17-19-6-8-21(9-7-19)34-36(30,31)23-12-10-20(32-2)11-13-23/h3-13,16-17H,14-15H2,1-2H3/b24-17-. The molecule has 8 nitrogen and oxygen atoms in total. The summed E-state index contributed by atoms with van der Waals surface area (Å²) in [5, 5.41) is -0.371. The first-order chi connectivity index (χ1) is 17.2. The van der Waals surface area contributed by atoms with E-state index in [1.54, 1.807) is 18.2 Å². The van der Waals surface area contributed by atoms with Gasteiger partial charge in [-0.3, -0.25) is 14.5 Å². The van der Waals surface area contributed by atoms with Gasteiger partial charge in [-0.05, 0) is 84.4 Å². The van der Waals surface area contributed by atoms with Gasteiger partial charge in [0.05, 0.1) is 18.6 Å². The number of nitrogens with zero attached hydrogens (tertiary/aromatic N) is 1. The van der Waals surface area contributed by atoms with E-state index in [0.29, 0.717) is 17.1 Å². The van der Waals surface area contributed by atoms with Crippen LogP contribution < -0.4 is 13.7 Å². The molecule has 1 aliphatic heterocycles. The third-order valence-corrected chi connectivity index (χ3v) is 7.35. The second-order valence-corrected chi connectivity index (χ2v) is 10.3. The Hall–Kier alpha value is -3.76. The lowest BCUT2D eigenvalue weighted by atomic mass is 10.2. The Morgan fingerprint density at radius 2 is 1.61 bits per heavy atom. The van der Waals surface area contributed by atoms with E-state index in [0.717, 1.165) is 22.2 Å². The number of benzene rings is 3. The summed E-state index contributed by atoms with van der Waals surface area (Å²) in [6.45, 7) is 2.27. The number of ether oxygens (including phenoxy) is 2. The van der Waals surface area contributed by atoms with Crippen LogP contribution in [0.4, 0.5) is 4.79 Å². The smallest absolute Gasteiger partial charge is 0.339 e. The number of carbonyl (C=O) groups is 2. The van der Waals surface area contributed by atoms with Gasteiger partial charge < -0.3 is 13.7 Å². The van der Waals surface area contributed by atoms with Crippen molar-refractivity contribution in [3.05, 3.63) is 88.8 Å². The largest absolute Gasteiger partial charge is 0.497 e. The topological polar surface area (TPSA) is 99.2 Å². The van der Waals surface area contributed by atoms with Gasteiger partial charge >= 0.3 is 10.1 Å². The zero-order chi connectivity index (χ0) is 25.7. The molecule has 36 heavy (non-hydrogen) atoms. The van der Waals surface area contributed by atoms with Crippen molar-refractivity contribution in [1.82, 2.24) is 4.90 Å². The number of imide groups is 1. The Morgan fingerprint density at radius 3 is 2.28 bits per heavy atom. The SMILES string of the molecule is COc1ccc(S(=O)(=O)Oc2ccc(/C=C3\SC(=O)N(CCOc4cccc(C)c4)C3=O)cc2)cc1. The molecule has 4 rings (SSSR count). The Kier molecular flexibility index (Phi) is 7.66. The highest BCUT2D eigenvalue weighted by molar-refractivity contribution is 8.18. The van der Waals surface area contributed by atoms with Crippen molar-refractivity contribution < 1.29 is 31.7 Å². The monoisotopic (exact) mass is 525 g/mol. The Morgan fingerprint density at radius 1 is 0.917 bits per heavy atom. The van der Waals surface area contributed by atoms with Crippen molar-refractivity contribution in [3.63, 3.8) is 0 Å². The molecule has 0 aromatic heterocycles. The van der Waals surface area contributed by atoms with Crippen molar-refractivity contribution in [2.75, 3.05) is 20.3 Å². The fourth-order valence-corrected chi connectivity index (χ4v) is 5.14. The average molecular weight is 526 g/mol. The predicted octanol–water partition coefficient (Wildman–Crippen LogP) is 4.89. The van der Waals surface area contributed by atoms with Crippen LogP contribution in [-0.4, -0.2) is 44.7 Å². The lowest BCUT2D eigenvalue weighted by Gasteiger charge is -2.13. The Labute approximate surface area is 213 Å². The van der Waals surface area contributed by atoms with Gasteiger partial charge in [0.25, 0.3) is 11.1 Å². The van der Waals surface area contributed by atoms with E-state index in [9.17, 15) is 18.0 Å². The second-order valence-electron chi connectivity index (χ2n) is 7.78. The fraction of sp³-hybridized carbons (Fsp3) is 0.154. The minimum atomic E-state index is -4.02. The molecule has 0 aliphatic carbocycles. The third kappa shape index (κ3) is 6.07. The van der Waals surface area contributed by atoms with Crippen LogP contribution in [0.5, 0.6) is 17.2 Å². The number of hydrogen-bond donors (Lipinski definition) is 0. The van der Waals surface area contributed by atoms with Gasteiger partial charge in [-0.25, -0.2) is 0 Å². The average Bonchev–Trinajstić information content (AvgIpc) is 3.12. The molecule has 0 radical (unpaired) electrons. The normalized spacial score (nSPS) is 14.8. The summed E-state index contributed by atoms with van der Waals surface area (Å²) in [7, 11) is -2.53. The first-order valence-electron chi connectivity index (χ1n) is 10.9. The number of aryl methyl sites for hydroxylation is 1. The molecule has 3 aromatic carbocycles.